The van der Waals surface area contributed by atoms with E-state index in [2.05, 4.69) is 55.2 Å². The van der Waals surface area contributed by atoms with Crippen LogP contribution in [0.25, 0.3) is 22.9 Å². The fourth-order valence-electron chi connectivity index (χ4n) is 6.83. The molecule has 1 unspecified atom stereocenters. The summed E-state index contributed by atoms with van der Waals surface area (Å²) >= 11 is 0. The van der Waals surface area contributed by atoms with Crippen molar-refractivity contribution >= 4 is 40.0 Å². The lowest BCUT2D eigenvalue weighted by molar-refractivity contribution is 0.0941. The molecule has 3 aromatic heterocycles. The van der Waals surface area contributed by atoms with Crippen molar-refractivity contribution in [2.75, 3.05) is 38.2 Å². The molecule has 0 amide bonds. The predicted molar refractivity (Wildman–Crippen MR) is 195 cm³/mol. The minimum Gasteiger partial charge on any atom is -0.501 e. The van der Waals surface area contributed by atoms with Gasteiger partial charge in [0.15, 0.2) is 11.9 Å². The highest BCUT2D eigenvalue weighted by Gasteiger charge is 2.37. The predicted octanol–water partition coefficient (Wildman–Crippen LogP) is 8.34. The van der Waals surface area contributed by atoms with E-state index in [9.17, 15) is 4.79 Å². The average Bonchev–Trinajstić information content (AvgIpc) is 3.60. The summed E-state index contributed by atoms with van der Waals surface area (Å²) in [6, 6.07) is 5.85. The summed E-state index contributed by atoms with van der Waals surface area (Å²) < 4.78 is 20.6. The largest absolute Gasteiger partial charge is 0.501 e. The molecular weight excluding hydrogens is 623 g/mol. The Labute approximate surface area is 283 Å². The maximum absolute atomic E-state index is 11.4. The number of pyridine rings is 1. The fourth-order valence-corrected chi connectivity index (χ4v) is 8.34. The monoisotopic (exact) mass is 677 g/mol. The second-order valence-corrected chi connectivity index (χ2v) is 27.1. The van der Waals surface area contributed by atoms with Crippen molar-refractivity contribution < 1.29 is 19.0 Å². The topological polar surface area (TPSA) is 91.1 Å². The summed E-state index contributed by atoms with van der Waals surface area (Å²) in [5, 5.41) is 4.95. The van der Waals surface area contributed by atoms with Gasteiger partial charge in [0.25, 0.3) is 0 Å². The van der Waals surface area contributed by atoms with E-state index in [0.29, 0.717) is 44.9 Å². The maximum atomic E-state index is 11.4. The lowest BCUT2D eigenvalue weighted by Gasteiger charge is -2.32. The average molecular weight is 678 g/mol. The zero-order valence-corrected chi connectivity index (χ0v) is 31.6. The second kappa shape index (κ2) is 15.6. The van der Waals surface area contributed by atoms with E-state index in [1.165, 1.54) is 19.3 Å². The van der Waals surface area contributed by atoms with Gasteiger partial charge in [0.2, 0.25) is 0 Å². The Morgan fingerprint density at radius 3 is 2.15 bits per heavy atom. The number of hydrogen-bond acceptors (Lipinski definition) is 8. The molecule has 3 heterocycles. The van der Waals surface area contributed by atoms with Gasteiger partial charge >= 0.3 is 0 Å². The number of ether oxygens (including phenoxy) is 3. The van der Waals surface area contributed by atoms with Crippen LogP contribution in [0.1, 0.15) is 66.7 Å². The van der Waals surface area contributed by atoms with Crippen LogP contribution < -0.4 is 4.90 Å². The van der Waals surface area contributed by atoms with E-state index in [1.807, 2.05) is 23.7 Å². The van der Waals surface area contributed by atoms with Gasteiger partial charge < -0.3 is 19.1 Å². The Morgan fingerprint density at radius 1 is 0.936 bits per heavy atom. The van der Waals surface area contributed by atoms with Gasteiger partial charge in [0.05, 0.1) is 24.8 Å². The quantitative estimate of drug-likeness (QED) is 0.0463. The van der Waals surface area contributed by atoms with E-state index in [4.69, 9.17) is 24.3 Å². The fraction of sp³-hybridized carbons (Fsp3) is 0.611. The second-order valence-electron chi connectivity index (χ2n) is 15.8. The molecule has 3 atom stereocenters. The van der Waals surface area contributed by atoms with Crippen LogP contribution in [0.4, 0.5) is 5.82 Å². The first-order valence-electron chi connectivity index (χ1n) is 17.5. The number of rotatable bonds is 17. The van der Waals surface area contributed by atoms with Gasteiger partial charge in [-0.2, -0.15) is 9.61 Å². The highest BCUT2D eigenvalue weighted by atomic mass is 28.3. The first-order chi connectivity index (χ1) is 22.5. The summed E-state index contributed by atoms with van der Waals surface area (Å²) in [6.07, 6.45) is 14.5. The summed E-state index contributed by atoms with van der Waals surface area (Å²) in [7, 11) is -2.54. The van der Waals surface area contributed by atoms with Crippen molar-refractivity contribution in [2.45, 2.75) is 96.3 Å². The molecule has 0 spiro atoms. The molecule has 0 saturated heterocycles. The van der Waals surface area contributed by atoms with Gasteiger partial charge in [-0.05, 0) is 62.3 Å². The third-order valence-electron chi connectivity index (χ3n) is 9.46. The highest BCUT2D eigenvalue weighted by molar-refractivity contribution is 6.76. The van der Waals surface area contributed by atoms with Gasteiger partial charge in [-0.15, -0.1) is 0 Å². The molecule has 0 radical (unpaired) electrons. The Morgan fingerprint density at radius 2 is 1.60 bits per heavy atom. The van der Waals surface area contributed by atoms with Crippen LogP contribution >= 0.6 is 0 Å². The van der Waals surface area contributed by atoms with Crippen LogP contribution in [0.3, 0.4) is 0 Å². The number of carbonyl (C=O) groups is 1. The standard InChI is InChI=1S/C36H55N5O4Si2/c1-8-43-14-13-32-34(30-20-27-9-10-28(19-27)21-30)39-35-33(29-11-12-31(24-42)37-22-29)23-38-41(35)36(32)40(25-44-15-17-46(2,3)4)26-45-16-18-47(5,6)7/h11-14,22-24,27-28,30H,8-10,15-21,25-26H2,1-7H3/b14-13-/t27-,28+,30?. The summed E-state index contributed by atoms with van der Waals surface area (Å²) in [4.78, 5) is 23.4. The van der Waals surface area contributed by atoms with Crippen LogP contribution in [0.5, 0.6) is 0 Å². The number of fused-ring (bicyclic) bond motifs is 3. The van der Waals surface area contributed by atoms with E-state index >= 15 is 0 Å². The van der Waals surface area contributed by atoms with Crippen LogP contribution in [0.2, 0.25) is 51.4 Å². The molecule has 11 heteroatoms. The van der Waals surface area contributed by atoms with Crippen molar-refractivity contribution in [3.63, 3.8) is 0 Å². The zero-order valence-electron chi connectivity index (χ0n) is 29.6. The smallest absolute Gasteiger partial charge is 0.168 e. The van der Waals surface area contributed by atoms with Gasteiger partial charge in [-0.1, -0.05) is 58.2 Å². The summed E-state index contributed by atoms with van der Waals surface area (Å²) in [5.74, 6) is 2.74. The normalized spacial score (nSPS) is 19.9. The molecule has 3 aromatic rings. The number of aldehydes is 1. The van der Waals surface area contributed by atoms with Crippen LogP contribution in [0.15, 0.2) is 30.8 Å². The maximum Gasteiger partial charge on any atom is 0.168 e. The Kier molecular flexibility index (Phi) is 11.7. The van der Waals surface area contributed by atoms with Crippen molar-refractivity contribution in [3.05, 3.63) is 47.7 Å². The number of anilines is 1. The van der Waals surface area contributed by atoms with Gasteiger partial charge in [0, 0.05) is 58.2 Å². The third-order valence-corrected chi connectivity index (χ3v) is 12.9. The van der Waals surface area contributed by atoms with Crippen LogP contribution in [-0.2, 0) is 14.2 Å². The van der Waals surface area contributed by atoms with E-state index in [0.717, 1.165) is 76.9 Å². The van der Waals surface area contributed by atoms with Gasteiger partial charge in [0.1, 0.15) is 25.0 Å². The number of hydrogen-bond donors (Lipinski definition) is 0. The first kappa shape index (κ1) is 35.4. The van der Waals surface area contributed by atoms with Crippen LogP contribution in [0, 0.1) is 11.8 Å². The SMILES string of the molecule is CCO/C=C\c1c(C2C[C@H]3CC[C@@H](C2)C3)nc2c(-c3ccc(C=O)nc3)cnn2c1N(COCC[Si](C)(C)C)COCC[Si](C)(C)C. The molecule has 0 aromatic carbocycles. The van der Waals surface area contributed by atoms with Gasteiger partial charge in [-0.25, -0.2) is 4.98 Å². The molecule has 0 N–H and O–H groups in total. The summed E-state index contributed by atoms with van der Waals surface area (Å²) in [5.41, 5.74) is 5.04. The zero-order chi connectivity index (χ0) is 33.6. The molecule has 47 heavy (non-hydrogen) atoms. The van der Waals surface area contributed by atoms with Crippen molar-refractivity contribution in [2.24, 2.45) is 11.8 Å². The number of carbonyl (C=O) groups excluding carboxylic acids is 1. The highest BCUT2D eigenvalue weighted by Crippen LogP contribution is 2.49. The number of nitrogens with zero attached hydrogens (tertiary/aromatic N) is 5. The van der Waals surface area contributed by atoms with E-state index in [-0.39, 0.29) is 0 Å². The molecular formula is C36H55N5O4Si2. The molecule has 256 valence electrons. The molecule has 2 aliphatic carbocycles. The Balaban J connectivity index is 1.64. The van der Waals surface area contributed by atoms with Crippen molar-refractivity contribution in [3.8, 4) is 11.1 Å². The van der Waals surface area contributed by atoms with Crippen molar-refractivity contribution in [1.82, 2.24) is 19.6 Å². The lowest BCUT2D eigenvalue weighted by Crippen LogP contribution is -2.34. The Bertz CT molecular complexity index is 1480. The van der Waals surface area contributed by atoms with Gasteiger partial charge in [-0.3, -0.25) is 9.78 Å². The molecule has 5 rings (SSSR count). The minimum absolute atomic E-state index is 0.340. The molecule has 0 aliphatic heterocycles. The molecule has 2 aliphatic rings. The van der Waals surface area contributed by atoms with Crippen LogP contribution in [-0.4, -0.2) is 75.3 Å². The van der Waals surface area contributed by atoms with E-state index < -0.39 is 16.1 Å². The molecule has 2 fully saturated rings. The lowest BCUT2D eigenvalue weighted by atomic mass is 9.78. The third kappa shape index (κ3) is 9.40. The summed E-state index contributed by atoms with van der Waals surface area (Å²) in [6.45, 7) is 19.0. The van der Waals surface area contributed by atoms with Crippen molar-refractivity contribution in [1.29, 1.82) is 0 Å². The minimum atomic E-state index is -1.27. The molecule has 9 nitrogen and oxygen atoms in total. The molecule has 2 saturated carbocycles. The first-order valence-corrected chi connectivity index (χ1v) is 24.9. The number of aromatic nitrogens is 4. The van der Waals surface area contributed by atoms with E-state index in [1.54, 1.807) is 18.5 Å². The molecule has 2 bridgehead atoms. The Hall–Kier alpha value is -2.87.